The highest BCUT2D eigenvalue weighted by Gasteiger charge is 2.38. The Morgan fingerprint density at radius 1 is 1.05 bits per heavy atom. The Kier molecular flexibility index (Phi) is 7.14. The molecule has 9 heteroatoms. The lowest BCUT2D eigenvalue weighted by Crippen LogP contribution is -2.37. The first-order valence-corrected chi connectivity index (χ1v) is 12.9. The van der Waals surface area contributed by atoms with Gasteiger partial charge in [-0.25, -0.2) is 13.6 Å². The molecule has 0 saturated heterocycles. The predicted octanol–water partition coefficient (Wildman–Crippen LogP) is 6.15. The largest absolute Gasteiger partial charge is 0.473 e. The van der Waals surface area contributed by atoms with Crippen LogP contribution < -0.4 is 4.74 Å². The van der Waals surface area contributed by atoms with E-state index in [0.29, 0.717) is 23.8 Å². The Morgan fingerprint density at radius 3 is 2.50 bits per heavy atom. The normalized spacial score (nSPS) is 14.5. The van der Waals surface area contributed by atoms with Crippen LogP contribution in [0.1, 0.15) is 54.9 Å². The molecule has 5 rings (SSSR count). The lowest BCUT2D eigenvalue weighted by Gasteiger charge is -2.29. The molecule has 0 saturated carbocycles. The lowest BCUT2D eigenvalue weighted by molar-refractivity contribution is -0.140. The van der Waals surface area contributed by atoms with Gasteiger partial charge in [-0.05, 0) is 49.2 Å². The van der Waals surface area contributed by atoms with Crippen molar-refractivity contribution in [2.45, 2.75) is 45.8 Å². The molecule has 0 unspecified atom stereocenters. The Labute approximate surface area is 230 Å². The van der Waals surface area contributed by atoms with Gasteiger partial charge in [0.25, 0.3) is 5.91 Å². The van der Waals surface area contributed by atoms with E-state index in [1.807, 2.05) is 50.2 Å². The van der Waals surface area contributed by atoms with Gasteiger partial charge in [0.2, 0.25) is 5.88 Å². The number of nitrogens with zero attached hydrogens (tertiary/aromatic N) is 2. The van der Waals surface area contributed by atoms with Crippen molar-refractivity contribution in [1.82, 2.24) is 14.9 Å². The fourth-order valence-corrected chi connectivity index (χ4v) is 4.90. The summed E-state index contributed by atoms with van der Waals surface area (Å²) in [5.74, 6) is -2.98. The van der Waals surface area contributed by atoms with E-state index < -0.39 is 35.0 Å². The molecular weight excluding hydrogens is 516 g/mol. The van der Waals surface area contributed by atoms with Crippen molar-refractivity contribution < 1.29 is 27.8 Å². The summed E-state index contributed by atoms with van der Waals surface area (Å²) in [7, 11) is 0. The summed E-state index contributed by atoms with van der Waals surface area (Å²) in [5, 5.41) is 0.762. The number of aromatic nitrogens is 2. The minimum atomic E-state index is -1.13. The van der Waals surface area contributed by atoms with Crippen LogP contribution in [0.25, 0.3) is 16.6 Å². The van der Waals surface area contributed by atoms with Gasteiger partial charge in [-0.15, -0.1) is 0 Å². The van der Waals surface area contributed by atoms with Crippen LogP contribution in [-0.4, -0.2) is 39.4 Å². The number of esters is 1. The molecule has 40 heavy (non-hydrogen) atoms. The summed E-state index contributed by atoms with van der Waals surface area (Å²) >= 11 is 0. The smallest absolute Gasteiger partial charge is 0.342 e. The number of carbonyl (C=O) groups excluding carboxylic acids is 2. The number of hydrogen-bond acceptors (Lipinski definition) is 5. The van der Waals surface area contributed by atoms with Crippen molar-refractivity contribution in [2.24, 2.45) is 0 Å². The van der Waals surface area contributed by atoms with Crippen molar-refractivity contribution >= 4 is 28.5 Å². The molecular formula is C31H29F2N3O4. The fourth-order valence-electron chi connectivity index (χ4n) is 4.90. The first-order valence-electron chi connectivity index (χ1n) is 12.9. The molecule has 0 aliphatic carbocycles. The molecule has 3 heterocycles. The molecule has 0 radical (unpaired) electrons. The number of benzene rings is 2. The lowest BCUT2D eigenvalue weighted by atomic mass is 9.82. The van der Waals surface area contributed by atoms with Crippen LogP contribution in [0.15, 0.2) is 66.9 Å². The molecule has 0 fully saturated rings. The Bertz CT molecular complexity index is 1630. The van der Waals surface area contributed by atoms with E-state index in [1.165, 1.54) is 17.2 Å². The van der Waals surface area contributed by atoms with Gasteiger partial charge in [-0.1, -0.05) is 44.2 Å². The Hall–Kier alpha value is -4.53. The molecule has 1 N–H and O–H groups in total. The molecule has 2 aromatic heterocycles. The maximum absolute atomic E-state index is 14.0. The van der Waals surface area contributed by atoms with Crippen LogP contribution >= 0.6 is 0 Å². The van der Waals surface area contributed by atoms with E-state index in [0.717, 1.165) is 28.6 Å². The van der Waals surface area contributed by atoms with E-state index in [9.17, 15) is 18.4 Å². The van der Waals surface area contributed by atoms with Crippen LogP contribution in [0.3, 0.4) is 0 Å². The molecule has 1 aliphatic heterocycles. The molecule has 0 spiro atoms. The monoisotopic (exact) mass is 545 g/mol. The second-order valence-electron chi connectivity index (χ2n) is 10.6. The zero-order chi connectivity index (χ0) is 28.6. The molecule has 0 bridgehead atoms. The van der Waals surface area contributed by atoms with Crippen LogP contribution in [0.5, 0.6) is 5.88 Å². The van der Waals surface area contributed by atoms with Gasteiger partial charge in [0, 0.05) is 35.2 Å². The maximum Gasteiger partial charge on any atom is 0.342 e. The standard InChI is InChI=1S/C31H29F2N3O4/c1-18(2)40-30(38)22-15-36(29(37)20-10-12-23(32)24(33)14-20)17-31(3,4)26-21-11-13-25(34-28(21)35-27(22)26)39-16-19-8-6-5-7-9-19/h5-15,18H,16-17H2,1-4H3,(H,34,35). The second-order valence-corrected chi connectivity index (χ2v) is 10.6. The molecule has 206 valence electrons. The fraction of sp³-hybridized carbons (Fsp3) is 0.258. The summed E-state index contributed by atoms with van der Waals surface area (Å²) in [6.07, 6.45) is 0.994. The van der Waals surface area contributed by atoms with E-state index in [-0.39, 0.29) is 17.7 Å². The summed E-state index contributed by atoms with van der Waals surface area (Å²) in [4.78, 5) is 36.1. The van der Waals surface area contributed by atoms with Crippen molar-refractivity contribution in [3.05, 3.63) is 101 Å². The Morgan fingerprint density at radius 2 is 1.80 bits per heavy atom. The van der Waals surface area contributed by atoms with Crippen molar-refractivity contribution in [3.63, 3.8) is 0 Å². The second kappa shape index (κ2) is 10.6. The van der Waals surface area contributed by atoms with Gasteiger partial charge >= 0.3 is 5.97 Å². The summed E-state index contributed by atoms with van der Waals surface area (Å²) in [6.45, 7) is 7.83. The third-order valence-corrected chi connectivity index (χ3v) is 6.65. The number of H-pyrrole nitrogens is 1. The van der Waals surface area contributed by atoms with Gasteiger partial charge in [-0.3, -0.25) is 4.79 Å². The average Bonchev–Trinajstić information content (AvgIpc) is 3.25. The highest BCUT2D eigenvalue weighted by Crippen LogP contribution is 2.41. The summed E-state index contributed by atoms with van der Waals surface area (Å²) < 4.78 is 38.9. The third-order valence-electron chi connectivity index (χ3n) is 6.65. The summed E-state index contributed by atoms with van der Waals surface area (Å²) in [6, 6.07) is 16.3. The number of fused-ring (bicyclic) bond motifs is 3. The number of halogens is 2. The van der Waals surface area contributed by atoms with Crippen LogP contribution in [0.4, 0.5) is 8.78 Å². The van der Waals surface area contributed by atoms with Crippen LogP contribution in [0, 0.1) is 11.6 Å². The first-order chi connectivity index (χ1) is 19.0. The van der Waals surface area contributed by atoms with Gasteiger partial charge in [0.15, 0.2) is 11.6 Å². The van der Waals surface area contributed by atoms with E-state index in [1.54, 1.807) is 19.9 Å². The van der Waals surface area contributed by atoms with Gasteiger partial charge in [0.1, 0.15) is 12.3 Å². The minimum Gasteiger partial charge on any atom is -0.473 e. The quantitative estimate of drug-likeness (QED) is 0.294. The van der Waals surface area contributed by atoms with Crippen LogP contribution in [0.2, 0.25) is 0 Å². The van der Waals surface area contributed by atoms with E-state index in [2.05, 4.69) is 9.97 Å². The highest BCUT2D eigenvalue weighted by atomic mass is 19.2. The van der Waals surface area contributed by atoms with E-state index in [4.69, 9.17) is 9.47 Å². The number of hydrogen-bond donors (Lipinski definition) is 1. The average molecular weight is 546 g/mol. The minimum absolute atomic E-state index is 0.0418. The zero-order valence-corrected chi connectivity index (χ0v) is 22.6. The number of amides is 1. The van der Waals surface area contributed by atoms with Crippen molar-refractivity contribution in [3.8, 4) is 5.88 Å². The highest BCUT2D eigenvalue weighted by molar-refractivity contribution is 6.18. The number of rotatable bonds is 6. The summed E-state index contributed by atoms with van der Waals surface area (Å²) in [5.41, 5.74) is 2.16. The number of ether oxygens (including phenoxy) is 2. The first kappa shape index (κ1) is 27.1. The SMILES string of the molecule is CC(C)OC(=O)C1=CN(C(=O)c2ccc(F)c(F)c2)CC(C)(C)c2c1[nH]c1nc(OCc3ccccc3)ccc21. The Balaban J connectivity index is 1.58. The van der Waals surface area contributed by atoms with Gasteiger partial charge in [-0.2, -0.15) is 4.98 Å². The molecule has 2 aromatic carbocycles. The van der Waals surface area contributed by atoms with Crippen molar-refractivity contribution in [1.29, 1.82) is 0 Å². The number of nitrogens with one attached hydrogen (secondary N) is 1. The topological polar surface area (TPSA) is 84.5 Å². The van der Waals surface area contributed by atoms with Gasteiger partial charge in [0.05, 0.1) is 17.4 Å². The van der Waals surface area contributed by atoms with E-state index >= 15 is 0 Å². The van der Waals surface area contributed by atoms with Crippen LogP contribution in [-0.2, 0) is 21.6 Å². The number of carbonyl (C=O) groups is 2. The molecule has 1 aliphatic rings. The molecule has 7 nitrogen and oxygen atoms in total. The molecule has 4 aromatic rings. The third kappa shape index (κ3) is 5.32. The van der Waals surface area contributed by atoms with Crippen molar-refractivity contribution in [2.75, 3.05) is 6.54 Å². The maximum atomic E-state index is 14.0. The predicted molar refractivity (Wildman–Crippen MR) is 146 cm³/mol. The molecule has 1 amide bonds. The zero-order valence-electron chi connectivity index (χ0n) is 22.6. The number of aromatic amines is 1. The number of pyridine rings is 1. The van der Waals surface area contributed by atoms with Gasteiger partial charge < -0.3 is 19.4 Å². The molecule has 0 atom stereocenters.